The molecular formula is C26H36N6O2. The topological polar surface area (TPSA) is 81.7 Å². The minimum absolute atomic E-state index is 0.151. The number of hydrogen-bond donors (Lipinski definition) is 1. The van der Waals surface area contributed by atoms with Crippen molar-refractivity contribution in [3.8, 4) is 0 Å². The molecular weight excluding hydrogens is 428 g/mol. The molecule has 8 heteroatoms. The van der Waals surface area contributed by atoms with Gasteiger partial charge in [0.2, 0.25) is 5.91 Å². The molecule has 0 aliphatic carbocycles. The van der Waals surface area contributed by atoms with Gasteiger partial charge in [-0.3, -0.25) is 14.5 Å². The molecule has 2 aliphatic heterocycles. The molecule has 34 heavy (non-hydrogen) atoms. The second-order valence-corrected chi connectivity index (χ2v) is 9.93. The Balaban J connectivity index is 1.55. The summed E-state index contributed by atoms with van der Waals surface area (Å²) in [5.41, 5.74) is 2.21. The number of carbonyl (C=O) groups excluding carboxylic acids is 2. The van der Waals surface area contributed by atoms with E-state index in [9.17, 15) is 9.59 Å². The lowest BCUT2D eigenvalue weighted by atomic mass is 9.79. The highest BCUT2D eigenvalue weighted by Crippen LogP contribution is 2.33. The van der Waals surface area contributed by atoms with Crippen molar-refractivity contribution in [1.82, 2.24) is 30.0 Å². The summed E-state index contributed by atoms with van der Waals surface area (Å²) >= 11 is 0. The molecule has 2 amide bonds. The monoisotopic (exact) mass is 464 g/mol. The van der Waals surface area contributed by atoms with Crippen molar-refractivity contribution >= 4 is 11.8 Å². The van der Waals surface area contributed by atoms with Crippen molar-refractivity contribution in [2.75, 3.05) is 46.8 Å². The van der Waals surface area contributed by atoms with Crippen molar-refractivity contribution in [3.63, 3.8) is 0 Å². The first-order valence-corrected chi connectivity index (χ1v) is 12.1. The van der Waals surface area contributed by atoms with E-state index in [2.05, 4.69) is 41.2 Å². The number of hydrogen-bond acceptors (Lipinski definition) is 6. The molecule has 0 spiro atoms. The van der Waals surface area contributed by atoms with Gasteiger partial charge in [-0.05, 0) is 51.5 Å². The Morgan fingerprint density at radius 1 is 1.09 bits per heavy atom. The van der Waals surface area contributed by atoms with Crippen LogP contribution in [0.3, 0.4) is 0 Å². The lowest BCUT2D eigenvalue weighted by Crippen LogP contribution is -2.60. The minimum Gasteiger partial charge on any atom is -0.357 e. The Morgan fingerprint density at radius 3 is 2.47 bits per heavy atom. The zero-order chi connectivity index (χ0) is 24.3. The molecule has 2 fully saturated rings. The van der Waals surface area contributed by atoms with E-state index in [1.807, 2.05) is 25.1 Å². The third-order valence-electron chi connectivity index (χ3n) is 7.23. The van der Waals surface area contributed by atoms with Crippen LogP contribution >= 0.6 is 0 Å². The molecule has 0 saturated carbocycles. The molecule has 4 rings (SSSR count). The van der Waals surface area contributed by atoms with E-state index >= 15 is 0 Å². The van der Waals surface area contributed by atoms with Gasteiger partial charge in [-0.1, -0.05) is 37.3 Å². The van der Waals surface area contributed by atoms with Crippen LogP contribution in [0.15, 0.2) is 36.4 Å². The molecule has 8 nitrogen and oxygen atoms in total. The van der Waals surface area contributed by atoms with Crippen molar-refractivity contribution < 1.29 is 9.59 Å². The number of piperazine rings is 1. The van der Waals surface area contributed by atoms with Gasteiger partial charge in [0.05, 0.1) is 0 Å². The first-order valence-electron chi connectivity index (χ1n) is 12.1. The number of carbonyl (C=O) groups is 2. The van der Waals surface area contributed by atoms with E-state index in [0.717, 1.165) is 44.0 Å². The molecule has 182 valence electrons. The summed E-state index contributed by atoms with van der Waals surface area (Å²) in [6.07, 6.45) is 1.92. The Kier molecular flexibility index (Phi) is 7.28. The number of nitrogens with one attached hydrogen (secondary N) is 1. The zero-order valence-corrected chi connectivity index (χ0v) is 20.8. The van der Waals surface area contributed by atoms with Crippen LogP contribution in [-0.4, -0.2) is 89.3 Å². The molecule has 0 bridgehead atoms. The van der Waals surface area contributed by atoms with Crippen LogP contribution < -0.4 is 5.32 Å². The van der Waals surface area contributed by atoms with Crippen molar-refractivity contribution in [2.45, 2.75) is 44.7 Å². The highest BCUT2D eigenvalue weighted by Gasteiger charge is 2.38. The predicted octanol–water partition coefficient (Wildman–Crippen LogP) is 1.84. The Bertz CT molecular complexity index is 1020. The number of aryl methyl sites for hydroxylation is 1. The number of likely N-dealkylation sites (N-methyl/N-ethyl adjacent to an activating group) is 1. The van der Waals surface area contributed by atoms with Crippen LogP contribution in [-0.2, 0) is 16.8 Å². The van der Waals surface area contributed by atoms with Gasteiger partial charge >= 0.3 is 0 Å². The van der Waals surface area contributed by atoms with Crippen LogP contribution in [0.4, 0.5) is 0 Å². The first kappa shape index (κ1) is 24.3. The summed E-state index contributed by atoms with van der Waals surface area (Å²) in [6.45, 7) is 8.49. The average Bonchev–Trinajstić information content (AvgIpc) is 2.85. The number of rotatable bonds is 5. The van der Waals surface area contributed by atoms with E-state index in [1.54, 1.807) is 18.0 Å². The summed E-state index contributed by atoms with van der Waals surface area (Å²) in [6, 6.07) is 11.4. The minimum atomic E-state index is -0.562. The second kappa shape index (κ2) is 10.2. The molecule has 3 heterocycles. The van der Waals surface area contributed by atoms with Gasteiger partial charge in [0, 0.05) is 44.3 Å². The lowest BCUT2D eigenvalue weighted by molar-refractivity contribution is -0.127. The molecule has 1 aromatic heterocycles. The van der Waals surface area contributed by atoms with Crippen LogP contribution in [0.1, 0.15) is 47.3 Å². The van der Waals surface area contributed by atoms with Gasteiger partial charge in [0.15, 0.2) is 0 Å². The predicted molar refractivity (Wildman–Crippen MR) is 131 cm³/mol. The van der Waals surface area contributed by atoms with E-state index in [-0.39, 0.29) is 17.2 Å². The standard InChI is InChI=1S/C26H36N6O2/c1-19-16-21(29-25(28-19)26(2)10-12-30(4)13-11-26)24(34)32-15-14-31(18-22(32)23(33)27-3)17-20-8-6-5-7-9-20/h5-9,16,22H,10-15,17-18H2,1-4H3,(H,27,33)/t22-/m0/s1. The molecule has 2 aromatic rings. The van der Waals surface area contributed by atoms with E-state index < -0.39 is 6.04 Å². The highest BCUT2D eigenvalue weighted by molar-refractivity contribution is 5.96. The normalized spacial score (nSPS) is 21.3. The van der Waals surface area contributed by atoms with Crippen molar-refractivity contribution in [1.29, 1.82) is 0 Å². The second-order valence-electron chi connectivity index (χ2n) is 9.93. The number of piperidine rings is 1. The summed E-state index contributed by atoms with van der Waals surface area (Å²) < 4.78 is 0. The first-order chi connectivity index (χ1) is 16.3. The fourth-order valence-electron chi connectivity index (χ4n) is 4.89. The van der Waals surface area contributed by atoms with Crippen LogP contribution in [0.2, 0.25) is 0 Å². The summed E-state index contributed by atoms with van der Waals surface area (Å²) in [5, 5.41) is 2.74. The van der Waals surface area contributed by atoms with E-state index in [4.69, 9.17) is 9.97 Å². The lowest BCUT2D eigenvalue weighted by Gasteiger charge is -2.40. The van der Waals surface area contributed by atoms with Crippen LogP contribution in [0.25, 0.3) is 0 Å². The Morgan fingerprint density at radius 2 is 1.79 bits per heavy atom. The quantitative estimate of drug-likeness (QED) is 0.727. The van der Waals surface area contributed by atoms with Crippen LogP contribution in [0, 0.1) is 6.92 Å². The molecule has 0 unspecified atom stereocenters. The molecule has 1 aromatic carbocycles. The molecule has 1 N–H and O–H groups in total. The van der Waals surface area contributed by atoms with Gasteiger partial charge in [0.1, 0.15) is 17.6 Å². The molecule has 0 radical (unpaired) electrons. The molecule has 2 aliphatic rings. The van der Waals surface area contributed by atoms with E-state index in [1.165, 1.54) is 5.56 Å². The van der Waals surface area contributed by atoms with Gasteiger partial charge in [-0.25, -0.2) is 9.97 Å². The smallest absolute Gasteiger partial charge is 0.273 e. The summed E-state index contributed by atoms with van der Waals surface area (Å²) in [7, 11) is 3.75. The maximum atomic E-state index is 13.7. The van der Waals surface area contributed by atoms with E-state index in [0.29, 0.717) is 25.3 Å². The maximum absolute atomic E-state index is 13.7. The summed E-state index contributed by atoms with van der Waals surface area (Å²) in [4.78, 5) is 42.2. The Hall–Kier alpha value is -2.84. The Labute approximate surface area is 202 Å². The summed E-state index contributed by atoms with van der Waals surface area (Å²) in [5.74, 6) is 0.388. The fraction of sp³-hybridized carbons (Fsp3) is 0.538. The fourth-order valence-corrected chi connectivity index (χ4v) is 4.89. The van der Waals surface area contributed by atoms with Crippen molar-refractivity contribution in [3.05, 3.63) is 59.2 Å². The SMILES string of the molecule is CNC(=O)[C@@H]1CN(Cc2ccccc2)CCN1C(=O)c1cc(C)nc(C2(C)CCN(C)CC2)n1. The third kappa shape index (κ3) is 5.28. The number of likely N-dealkylation sites (tertiary alicyclic amines) is 1. The van der Waals surface area contributed by atoms with Gasteiger partial charge in [0.25, 0.3) is 5.91 Å². The van der Waals surface area contributed by atoms with Gasteiger partial charge in [-0.2, -0.15) is 0 Å². The largest absolute Gasteiger partial charge is 0.357 e. The number of aromatic nitrogens is 2. The van der Waals surface area contributed by atoms with Gasteiger partial charge < -0.3 is 15.1 Å². The molecule has 2 saturated heterocycles. The zero-order valence-electron chi connectivity index (χ0n) is 20.8. The average molecular weight is 465 g/mol. The molecule has 1 atom stereocenters. The number of benzene rings is 1. The maximum Gasteiger partial charge on any atom is 0.273 e. The van der Waals surface area contributed by atoms with Crippen molar-refractivity contribution in [2.24, 2.45) is 0 Å². The van der Waals surface area contributed by atoms with Crippen LogP contribution in [0.5, 0.6) is 0 Å². The number of amides is 2. The third-order valence-corrected chi connectivity index (χ3v) is 7.23. The number of nitrogens with zero attached hydrogens (tertiary/aromatic N) is 5. The highest BCUT2D eigenvalue weighted by atomic mass is 16.2. The van der Waals surface area contributed by atoms with Gasteiger partial charge in [-0.15, -0.1) is 0 Å².